The first-order valence-corrected chi connectivity index (χ1v) is 7.72. The SMILES string of the molecule is COc1ccc(OCC(=O)N2CC(C(=O)O)CCC2C)cc1C. The van der Waals surface area contributed by atoms with E-state index in [2.05, 4.69) is 0 Å². The van der Waals surface area contributed by atoms with Crippen LogP contribution in [0.2, 0.25) is 0 Å². The van der Waals surface area contributed by atoms with Gasteiger partial charge in [0, 0.05) is 12.6 Å². The first-order valence-electron chi connectivity index (χ1n) is 7.72. The number of likely N-dealkylation sites (tertiary alicyclic amines) is 1. The lowest BCUT2D eigenvalue weighted by molar-refractivity contribution is -0.147. The van der Waals surface area contributed by atoms with Gasteiger partial charge in [-0.25, -0.2) is 0 Å². The van der Waals surface area contributed by atoms with Crippen molar-refractivity contribution in [3.8, 4) is 11.5 Å². The molecule has 1 saturated heterocycles. The van der Waals surface area contributed by atoms with E-state index in [9.17, 15) is 9.59 Å². The quantitative estimate of drug-likeness (QED) is 0.899. The van der Waals surface area contributed by atoms with E-state index < -0.39 is 11.9 Å². The Kier molecular flexibility index (Phi) is 5.47. The van der Waals surface area contributed by atoms with Crippen LogP contribution in [0.5, 0.6) is 11.5 Å². The molecule has 0 saturated carbocycles. The molecule has 6 nitrogen and oxygen atoms in total. The molecule has 1 amide bonds. The molecule has 1 aromatic rings. The van der Waals surface area contributed by atoms with Crippen LogP contribution in [-0.4, -0.2) is 48.2 Å². The molecule has 2 atom stereocenters. The number of piperidine rings is 1. The van der Waals surface area contributed by atoms with Gasteiger partial charge in [0.15, 0.2) is 6.61 Å². The number of carbonyl (C=O) groups excluding carboxylic acids is 1. The molecule has 1 aromatic carbocycles. The highest BCUT2D eigenvalue weighted by Gasteiger charge is 2.32. The molecule has 0 bridgehead atoms. The highest BCUT2D eigenvalue weighted by atomic mass is 16.5. The average molecular weight is 321 g/mol. The van der Waals surface area contributed by atoms with Crippen molar-refractivity contribution in [2.24, 2.45) is 5.92 Å². The van der Waals surface area contributed by atoms with Gasteiger partial charge in [-0.3, -0.25) is 9.59 Å². The number of aliphatic carboxylic acids is 1. The van der Waals surface area contributed by atoms with Crippen molar-refractivity contribution in [1.29, 1.82) is 0 Å². The van der Waals surface area contributed by atoms with Crippen LogP contribution in [0, 0.1) is 12.8 Å². The van der Waals surface area contributed by atoms with Gasteiger partial charge in [-0.1, -0.05) is 0 Å². The van der Waals surface area contributed by atoms with Crippen molar-refractivity contribution in [1.82, 2.24) is 4.90 Å². The van der Waals surface area contributed by atoms with Gasteiger partial charge >= 0.3 is 5.97 Å². The zero-order valence-corrected chi connectivity index (χ0v) is 13.7. The van der Waals surface area contributed by atoms with Crippen molar-refractivity contribution in [2.75, 3.05) is 20.3 Å². The van der Waals surface area contributed by atoms with Gasteiger partial charge in [-0.05, 0) is 50.5 Å². The van der Waals surface area contributed by atoms with Crippen LogP contribution in [0.3, 0.4) is 0 Å². The molecular formula is C17H23NO5. The molecule has 1 fully saturated rings. The van der Waals surface area contributed by atoms with Crippen molar-refractivity contribution in [3.05, 3.63) is 23.8 Å². The molecule has 126 valence electrons. The normalized spacial score (nSPS) is 20.9. The largest absolute Gasteiger partial charge is 0.496 e. The van der Waals surface area contributed by atoms with Crippen LogP contribution in [0.15, 0.2) is 18.2 Å². The maximum absolute atomic E-state index is 12.3. The Morgan fingerprint density at radius 3 is 2.70 bits per heavy atom. The van der Waals surface area contributed by atoms with Gasteiger partial charge in [-0.15, -0.1) is 0 Å². The number of carboxylic acids is 1. The third-order valence-corrected chi connectivity index (χ3v) is 4.28. The molecule has 1 heterocycles. The summed E-state index contributed by atoms with van der Waals surface area (Å²) in [7, 11) is 1.60. The lowest BCUT2D eigenvalue weighted by Crippen LogP contribution is -2.49. The first-order chi connectivity index (χ1) is 10.9. The standard InChI is InChI=1S/C17H23NO5/c1-11-8-14(6-7-15(11)22-3)23-10-16(19)18-9-13(17(20)21)5-4-12(18)2/h6-8,12-13H,4-5,9-10H2,1-3H3,(H,20,21). The second-order valence-electron chi connectivity index (χ2n) is 5.93. The summed E-state index contributed by atoms with van der Waals surface area (Å²) >= 11 is 0. The van der Waals surface area contributed by atoms with Crippen molar-refractivity contribution >= 4 is 11.9 Å². The predicted octanol–water partition coefficient (Wildman–Crippen LogP) is 2.09. The Labute approximate surface area is 136 Å². The van der Waals surface area contributed by atoms with Crippen molar-refractivity contribution in [3.63, 3.8) is 0 Å². The first kappa shape index (κ1) is 17.1. The number of hydrogen-bond acceptors (Lipinski definition) is 4. The van der Waals surface area contributed by atoms with E-state index in [0.717, 1.165) is 11.3 Å². The van der Waals surface area contributed by atoms with Gasteiger partial charge in [0.2, 0.25) is 0 Å². The van der Waals surface area contributed by atoms with Crippen LogP contribution in [0.4, 0.5) is 0 Å². The number of hydrogen-bond donors (Lipinski definition) is 1. The minimum Gasteiger partial charge on any atom is -0.496 e. The van der Waals surface area contributed by atoms with Crippen molar-refractivity contribution in [2.45, 2.75) is 32.7 Å². The van der Waals surface area contributed by atoms with Gasteiger partial charge in [0.1, 0.15) is 11.5 Å². The highest BCUT2D eigenvalue weighted by molar-refractivity contribution is 5.79. The Hall–Kier alpha value is -2.24. The van der Waals surface area contributed by atoms with Crippen LogP contribution in [-0.2, 0) is 9.59 Å². The monoisotopic (exact) mass is 321 g/mol. The predicted molar refractivity (Wildman–Crippen MR) is 84.8 cm³/mol. The maximum Gasteiger partial charge on any atom is 0.308 e. The van der Waals surface area contributed by atoms with Crippen LogP contribution in [0.1, 0.15) is 25.3 Å². The number of rotatable bonds is 5. The molecule has 0 spiro atoms. The van der Waals surface area contributed by atoms with E-state index in [1.54, 1.807) is 24.1 Å². The van der Waals surface area contributed by atoms with E-state index in [1.165, 1.54) is 0 Å². The fourth-order valence-corrected chi connectivity index (χ4v) is 2.82. The number of ether oxygens (including phenoxy) is 2. The molecule has 1 aliphatic heterocycles. The Morgan fingerprint density at radius 1 is 1.35 bits per heavy atom. The number of nitrogens with zero attached hydrogens (tertiary/aromatic N) is 1. The lowest BCUT2D eigenvalue weighted by Gasteiger charge is -2.36. The summed E-state index contributed by atoms with van der Waals surface area (Å²) in [4.78, 5) is 25.1. The second-order valence-corrected chi connectivity index (χ2v) is 5.93. The summed E-state index contributed by atoms with van der Waals surface area (Å²) in [5, 5.41) is 9.13. The second kappa shape index (κ2) is 7.35. The molecule has 2 rings (SSSR count). The zero-order valence-electron chi connectivity index (χ0n) is 13.7. The molecule has 1 N–H and O–H groups in total. The zero-order chi connectivity index (χ0) is 17.0. The molecule has 2 unspecified atom stereocenters. The molecule has 23 heavy (non-hydrogen) atoms. The van der Waals surface area contributed by atoms with Gasteiger partial charge < -0.3 is 19.5 Å². The highest BCUT2D eigenvalue weighted by Crippen LogP contribution is 2.24. The summed E-state index contributed by atoms with van der Waals surface area (Å²) in [6, 6.07) is 5.39. The Balaban J connectivity index is 1.95. The minimum absolute atomic E-state index is 0.0410. The van der Waals surface area contributed by atoms with Crippen LogP contribution in [0.25, 0.3) is 0 Å². The maximum atomic E-state index is 12.3. The molecule has 0 aliphatic carbocycles. The van der Waals surface area contributed by atoms with E-state index in [0.29, 0.717) is 18.6 Å². The fraction of sp³-hybridized carbons (Fsp3) is 0.529. The van der Waals surface area contributed by atoms with Crippen molar-refractivity contribution < 1.29 is 24.2 Å². The van der Waals surface area contributed by atoms with Gasteiger partial charge in [-0.2, -0.15) is 0 Å². The number of amides is 1. The van der Waals surface area contributed by atoms with Crippen LogP contribution < -0.4 is 9.47 Å². The van der Waals surface area contributed by atoms with E-state index in [1.807, 2.05) is 19.9 Å². The van der Waals surface area contributed by atoms with Gasteiger partial charge in [0.05, 0.1) is 13.0 Å². The summed E-state index contributed by atoms with van der Waals surface area (Å²) in [6.07, 6.45) is 1.31. The summed E-state index contributed by atoms with van der Waals surface area (Å²) in [5.41, 5.74) is 0.926. The minimum atomic E-state index is -0.846. The number of carbonyl (C=O) groups is 2. The molecule has 0 radical (unpaired) electrons. The number of benzene rings is 1. The topological polar surface area (TPSA) is 76.1 Å². The average Bonchev–Trinajstić information content (AvgIpc) is 2.53. The number of carboxylic acid groups (broad SMARTS) is 1. The van der Waals surface area contributed by atoms with E-state index >= 15 is 0 Å². The summed E-state index contributed by atoms with van der Waals surface area (Å²) in [6.45, 7) is 3.99. The molecule has 6 heteroatoms. The van der Waals surface area contributed by atoms with Gasteiger partial charge in [0.25, 0.3) is 5.91 Å². The third kappa shape index (κ3) is 4.15. The lowest BCUT2D eigenvalue weighted by atomic mass is 9.93. The summed E-state index contributed by atoms with van der Waals surface area (Å²) in [5.74, 6) is -0.162. The Morgan fingerprint density at radius 2 is 2.09 bits per heavy atom. The third-order valence-electron chi connectivity index (χ3n) is 4.28. The van der Waals surface area contributed by atoms with E-state index in [-0.39, 0.29) is 25.1 Å². The smallest absolute Gasteiger partial charge is 0.308 e. The number of aryl methyl sites for hydroxylation is 1. The molecular weight excluding hydrogens is 298 g/mol. The summed E-state index contributed by atoms with van der Waals surface area (Å²) < 4.78 is 10.7. The fourth-order valence-electron chi connectivity index (χ4n) is 2.82. The molecule has 0 aromatic heterocycles. The van der Waals surface area contributed by atoms with E-state index in [4.69, 9.17) is 14.6 Å². The van der Waals surface area contributed by atoms with Crippen LogP contribution >= 0.6 is 0 Å². The molecule has 1 aliphatic rings. The Bertz CT molecular complexity index is 586. The number of methoxy groups -OCH3 is 1.